The van der Waals surface area contributed by atoms with Crippen LogP contribution in [0.4, 0.5) is 5.69 Å². The van der Waals surface area contributed by atoms with E-state index in [4.69, 9.17) is 5.26 Å². The lowest BCUT2D eigenvalue weighted by Gasteiger charge is -2.07. The third-order valence-corrected chi connectivity index (χ3v) is 4.86. The largest absolute Gasteiger partial charge is 0.355 e. The summed E-state index contributed by atoms with van der Waals surface area (Å²) in [6.07, 6.45) is 0. The third kappa shape index (κ3) is 5.16. The summed E-state index contributed by atoms with van der Waals surface area (Å²) in [7, 11) is -1.94. The molecule has 0 aliphatic rings. The first kappa shape index (κ1) is 19.1. The summed E-state index contributed by atoms with van der Waals surface area (Å²) >= 11 is 0. The normalized spacial score (nSPS) is 10.6. The van der Waals surface area contributed by atoms with Crippen LogP contribution >= 0.6 is 0 Å². The van der Waals surface area contributed by atoms with E-state index in [2.05, 4.69) is 10.6 Å². The van der Waals surface area contributed by atoms with E-state index in [0.717, 1.165) is 0 Å². The Morgan fingerprint density at radius 1 is 0.962 bits per heavy atom. The maximum Gasteiger partial charge on any atom is 0.255 e. The molecule has 0 saturated carbocycles. The molecule has 0 aliphatic carbocycles. The van der Waals surface area contributed by atoms with Crippen molar-refractivity contribution in [2.45, 2.75) is 5.75 Å². The number of benzene rings is 2. The lowest BCUT2D eigenvalue weighted by molar-refractivity contribution is 0.0962. The van der Waals surface area contributed by atoms with E-state index in [9.17, 15) is 18.0 Å². The summed E-state index contributed by atoms with van der Waals surface area (Å²) in [5.74, 6) is -1.36. The Balaban J connectivity index is 2.04. The van der Waals surface area contributed by atoms with Crippen LogP contribution in [0.5, 0.6) is 0 Å². The van der Waals surface area contributed by atoms with Gasteiger partial charge in [0.2, 0.25) is 0 Å². The number of amides is 2. The molecule has 2 rings (SSSR count). The molecule has 2 aromatic carbocycles. The van der Waals surface area contributed by atoms with Crippen molar-refractivity contribution < 1.29 is 18.0 Å². The van der Waals surface area contributed by atoms with Crippen molar-refractivity contribution in [2.75, 3.05) is 18.1 Å². The Bertz CT molecular complexity index is 943. The molecule has 0 atom stereocenters. The van der Waals surface area contributed by atoms with Gasteiger partial charge in [-0.1, -0.05) is 12.1 Å². The highest BCUT2D eigenvalue weighted by Crippen LogP contribution is 2.13. The molecule has 7 nitrogen and oxygen atoms in total. The van der Waals surface area contributed by atoms with Crippen LogP contribution in [0.2, 0.25) is 0 Å². The number of nitrogens with one attached hydrogen (secondary N) is 2. The quantitative estimate of drug-likeness (QED) is 0.802. The predicted molar refractivity (Wildman–Crippen MR) is 97.3 cm³/mol. The molecule has 0 saturated heterocycles. The fourth-order valence-electron chi connectivity index (χ4n) is 2.21. The van der Waals surface area contributed by atoms with Gasteiger partial charge in [0.1, 0.15) is 5.75 Å². The minimum atomic E-state index is -3.47. The van der Waals surface area contributed by atoms with Gasteiger partial charge >= 0.3 is 0 Å². The lowest BCUT2D eigenvalue weighted by atomic mass is 10.1. The average Bonchev–Trinajstić information content (AvgIpc) is 2.61. The number of rotatable bonds is 6. The second-order valence-corrected chi connectivity index (χ2v) is 7.56. The summed E-state index contributed by atoms with van der Waals surface area (Å²) in [4.78, 5) is 23.7. The zero-order chi connectivity index (χ0) is 19.2. The minimum Gasteiger partial charge on any atom is -0.355 e. The second-order valence-electron chi connectivity index (χ2n) is 5.50. The summed E-state index contributed by atoms with van der Waals surface area (Å²) in [6.45, 7) is 0. The molecule has 0 radical (unpaired) electrons. The van der Waals surface area contributed by atoms with Crippen molar-refractivity contribution in [2.24, 2.45) is 0 Å². The number of carbonyl (C=O) groups is 2. The summed E-state index contributed by atoms with van der Waals surface area (Å²) in [5.41, 5.74) is 1.88. The Kier molecular flexibility index (Phi) is 6.09. The molecule has 0 heterocycles. The number of hydrogen-bond acceptors (Lipinski definition) is 5. The molecule has 2 aromatic rings. The van der Waals surface area contributed by atoms with Gasteiger partial charge in [-0.25, -0.2) is 8.42 Å². The molecule has 134 valence electrons. The standard InChI is InChI=1S/C18H17N3O4S/c1-20-17(22)14-6-8-16(9-7-14)21-18(23)15-4-2-13(3-5-15)12-26(24,25)11-10-19/h2-9H,11-12H2,1H3,(H,20,22)(H,21,23). The van der Waals surface area contributed by atoms with E-state index in [1.54, 1.807) is 42.5 Å². The zero-order valence-corrected chi connectivity index (χ0v) is 14.8. The van der Waals surface area contributed by atoms with E-state index in [1.165, 1.54) is 19.2 Å². The highest BCUT2D eigenvalue weighted by atomic mass is 32.2. The minimum absolute atomic E-state index is 0.218. The first-order chi connectivity index (χ1) is 12.3. The van der Waals surface area contributed by atoms with Crippen LogP contribution in [0.1, 0.15) is 26.3 Å². The van der Waals surface area contributed by atoms with Gasteiger partial charge in [0.05, 0.1) is 11.8 Å². The Morgan fingerprint density at radius 2 is 1.50 bits per heavy atom. The van der Waals surface area contributed by atoms with Gasteiger partial charge in [-0.2, -0.15) is 5.26 Å². The molecule has 0 aromatic heterocycles. The van der Waals surface area contributed by atoms with Gasteiger partial charge in [-0.3, -0.25) is 9.59 Å². The monoisotopic (exact) mass is 371 g/mol. The van der Waals surface area contributed by atoms with Crippen LogP contribution in [0.3, 0.4) is 0 Å². The van der Waals surface area contributed by atoms with E-state index in [0.29, 0.717) is 22.4 Å². The van der Waals surface area contributed by atoms with Gasteiger partial charge in [0, 0.05) is 23.9 Å². The molecule has 0 bridgehead atoms. The molecule has 0 unspecified atom stereocenters. The Morgan fingerprint density at radius 3 is 2.04 bits per heavy atom. The third-order valence-electron chi connectivity index (χ3n) is 3.52. The number of carbonyl (C=O) groups excluding carboxylic acids is 2. The van der Waals surface area contributed by atoms with Crippen molar-refractivity contribution in [3.63, 3.8) is 0 Å². The number of nitriles is 1. The molecule has 0 fully saturated rings. The fourth-order valence-corrected chi connectivity index (χ4v) is 3.21. The second kappa shape index (κ2) is 8.27. The number of nitrogens with zero attached hydrogens (tertiary/aromatic N) is 1. The molecule has 26 heavy (non-hydrogen) atoms. The zero-order valence-electron chi connectivity index (χ0n) is 14.0. The summed E-state index contributed by atoms with van der Waals surface area (Å²) in [5, 5.41) is 13.7. The topological polar surface area (TPSA) is 116 Å². The number of hydrogen-bond donors (Lipinski definition) is 2. The maximum absolute atomic E-state index is 12.2. The highest BCUT2D eigenvalue weighted by Gasteiger charge is 2.12. The molecule has 2 N–H and O–H groups in total. The SMILES string of the molecule is CNC(=O)c1ccc(NC(=O)c2ccc(CS(=O)(=O)CC#N)cc2)cc1. The van der Waals surface area contributed by atoms with E-state index in [-0.39, 0.29) is 17.6 Å². The first-order valence-corrected chi connectivity index (χ1v) is 9.46. The van der Waals surface area contributed by atoms with Crippen LogP contribution < -0.4 is 10.6 Å². The molecule has 8 heteroatoms. The van der Waals surface area contributed by atoms with Crippen molar-refractivity contribution in [3.05, 3.63) is 65.2 Å². The van der Waals surface area contributed by atoms with Gasteiger partial charge in [0.25, 0.3) is 11.8 Å². The molecular weight excluding hydrogens is 354 g/mol. The molecular formula is C18H17N3O4S. The summed E-state index contributed by atoms with van der Waals surface area (Å²) < 4.78 is 23.3. The first-order valence-electron chi connectivity index (χ1n) is 7.64. The van der Waals surface area contributed by atoms with Gasteiger partial charge in [0.15, 0.2) is 9.84 Å². The van der Waals surface area contributed by atoms with Crippen LogP contribution in [0, 0.1) is 11.3 Å². The van der Waals surface area contributed by atoms with E-state index >= 15 is 0 Å². The fraction of sp³-hybridized carbons (Fsp3) is 0.167. The van der Waals surface area contributed by atoms with Crippen LogP contribution in [0.15, 0.2) is 48.5 Å². The predicted octanol–water partition coefficient (Wildman–Crippen LogP) is 1.74. The van der Waals surface area contributed by atoms with Crippen molar-refractivity contribution in [1.29, 1.82) is 5.26 Å². The molecule has 0 spiro atoms. The maximum atomic E-state index is 12.2. The highest BCUT2D eigenvalue weighted by molar-refractivity contribution is 7.90. The van der Waals surface area contributed by atoms with Crippen LogP contribution in [0.25, 0.3) is 0 Å². The van der Waals surface area contributed by atoms with Crippen molar-refractivity contribution in [1.82, 2.24) is 5.32 Å². The number of sulfone groups is 1. The van der Waals surface area contributed by atoms with Crippen molar-refractivity contribution >= 4 is 27.3 Å². The average molecular weight is 371 g/mol. The van der Waals surface area contributed by atoms with Gasteiger partial charge < -0.3 is 10.6 Å². The van der Waals surface area contributed by atoms with Crippen molar-refractivity contribution in [3.8, 4) is 6.07 Å². The van der Waals surface area contributed by atoms with Crippen LogP contribution in [-0.2, 0) is 15.6 Å². The van der Waals surface area contributed by atoms with Crippen LogP contribution in [-0.4, -0.2) is 33.0 Å². The van der Waals surface area contributed by atoms with E-state index in [1.807, 2.05) is 0 Å². The van der Waals surface area contributed by atoms with Gasteiger partial charge in [-0.15, -0.1) is 0 Å². The number of anilines is 1. The Hall–Kier alpha value is -3.18. The van der Waals surface area contributed by atoms with Gasteiger partial charge in [-0.05, 0) is 42.0 Å². The molecule has 2 amide bonds. The lowest BCUT2D eigenvalue weighted by Crippen LogP contribution is -2.17. The Labute approximate surface area is 151 Å². The van der Waals surface area contributed by atoms with E-state index < -0.39 is 15.6 Å². The smallest absolute Gasteiger partial charge is 0.255 e. The summed E-state index contributed by atoms with van der Waals surface area (Å²) in [6, 6.07) is 14.2. The molecule has 0 aliphatic heterocycles.